The van der Waals surface area contributed by atoms with Gasteiger partial charge in [0, 0.05) is 12.6 Å². The summed E-state index contributed by atoms with van der Waals surface area (Å²) in [6.45, 7) is 4.74. The van der Waals surface area contributed by atoms with Gasteiger partial charge in [0.05, 0.1) is 4.92 Å². The highest BCUT2D eigenvalue weighted by Crippen LogP contribution is 2.37. The lowest BCUT2D eigenvalue weighted by atomic mass is 10.1. The minimum absolute atomic E-state index is 0.139. The molecule has 0 aliphatic carbocycles. The zero-order valence-electron chi connectivity index (χ0n) is 11.7. The van der Waals surface area contributed by atoms with Crippen LogP contribution in [-0.2, 0) is 14.8 Å². The second-order valence-corrected chi connectivity index (χ2v) is 7.62. The summed E-state index contributed by atoms with van der Waals surface area (Å²) >= 11 is 0.716. The van der Waals surface area contributed by atoms with Gasteiger partial charge >= 0.3 is 5.69 Å². The summed E-state index contributed by atoms with van der Waals surface area (Å²) in [6.07, 6.45) is 0. The summed E-state index contributed by atoms with van der Waals surface area (Å²) in [5.74, 6) is -0.857. The number of amides is 1. The van der Waals surface area contributed by atoms with E-state index in [0.29, 0.717) is 17.9 Å². The number of primary amides is 1. The van der Waals surface area contributed by atoms with Gasteiger partial charge in [-0.3, -0.25) is 14.9 Å². The average molecular weight is 336 g/mol. The van der Waals surface area contributed by atoms with Crippen molar-refractivity contribution in [3.05, 3.63) is 16.2 Å². The molecule has 9 nitrogen and oxygen atoms in total. The highest BCUT2D eigenvalue weighted by atomic mass is 32.2. The number of thiophene rings is 1. The highest BCUT2D eigenvalue weighted by molar-refractivity contribution is 7.91. The normalized spacial score (nSPS) is 12.1. The monoisotopic (exact) mass is 336 g/mol. The van der Waals surface area contributed by atoms with Crippen molar-refractivity contribution < 1.29 is 18.1 Å². The maximum absolute atomic E-state index is 12.2. The van der Waals surface area contributed by atoms with Gasteiger partial charge in [-0.15, -0.1) is 0 Å². The van der Waals surface area contributed by atoms with E-state index in [-0.39, 0.29) is 14.9 Å². The van der Waals surface area contributed by atoms with Crippen LogP contribution in [-0.4, -0.2) is 31.3 Å². The Morgan fingerprint density at radius 1 is 1.52 bits per heavy atom. The SMILES string of the molecule is CCNc1sc(S(=O)(=O)NC(C)(C)C(N)=O)cc1[N+](=O)[O-]. The van der Waals surface area contributed by atoms with Crippen LogP contribution >= 0.6 is 11.3 Å². The number of rotatable bonds is 7. The van der Waals surface area contributed by atoms with Crippen molar-refractivity contribution in [1.82, 2.24) is 4.72 Å². The van der Waals surface area contributed by atoms with Crippen molar-refractivity contribution in [2.45, 2.75) is 30.5 Å². The fraction of sp³-hybridized carbons (Fsp3) is 0.500. The first-order valence-corrected chi connectivity index (χ1v) is 8.17. The number of hydrogen-bond donors (Lipinski definition) is 3. The first-order valence-electron chi connectivity index (χ1n) is 5.87. The number of hydrogen-bond acceptors (Lipinski definition) is 7. The molecule has 1 rings (SSSR count). The topological polar surface area (TPSA) is 144 Å². The van der Waals surface area contributed by atoms with E-state index in [1.807, 2.05) is 0 Å². The van der Waals surface area contributed by atoms with Crippen LogP contribution in [0, 0.1) is 10.1 Å². The molecular formula is C10H16N4O5S2. The van der Waals surface area contributed by atoms with Gasteiger partial charge in [-0.25, -0.2) is 8.42 Å². The molecule has 0 spiro atoms. The predicted molar refractivity (Wildman–Crippen MR) is 78.7 cm³/mol. The van der Waals surface area contributed by atoms with E-state index in [2.05, 4.69) is 10.0 Å². The zero-order chi connectivity index (χ0) is 16.4. The number of carbonyl (C=O) groups excluding carboxylic acids is 1. The largest absolute Gasteiger partial charge is 0.372 e. The Hall–Kier alpha value is -1.72. The molecule has 0 fully saturated rings. The summed E-state index contributed by atoms with van der Waals surface area (Å²) in [4.78, 5) is 21.4. The molecule has 1 aromatic rings. The maximum Gasteiger partial charge on any atom is 0.304 e. The van der Waals surface area contributed by atoms with E-state index in [0.717, 1.165) is 6.07 Å². The van der Waals surface area contributed by atoms with E-state index in [1.165, 1.54) is 13.8 Å². The second kappa shape index (κ2) is 5.95. The Kier molecular flexibility index (Phi) is 4.91. The lowest BCUT2D eigenvalue weighted by molar-refractivity contribution is -0.383. The smallest absolute Gasteiger partial charge is 0.304 e. The Bertz CT molecular complexity index is 665. The minimum Gasteiger partial charge on any atom is -0.372 e. The third-order valence-corrected chi connectivity index (χ3v) is 5.71. The van der Waals surface area contributed by atoms with Crippen LogP contribution < -0.4 is 15.8 Å². The lowest BCUT2D eigenvalue weighted by Crippen LogP contribution is -2.52. The number of nitrogens with one attached hydrogen (secondary N) is 2. The van der Waals surface area contributed by atoms with Crippen LogP contribution in [0.2, 0.25) is 0 Å². The molecule has 1 heterocycles. The highest BCUT2D eigenvalue weighted by Gasteiger charge is 2.34. The molecule has 0 radical (unpaired) electrons. The molecule has 0 atom stereocenters. The van der Waals surface area contributed by atoms with Gasteiger partial charge in [0.1, 0.15) is 9.75 Å². The average Bonchev–Trinajstić information content (AvgIpc) is 2.73. The number of sulfonamides is 1. The fourth-order valence-electron chi connectivity index (χ4n) is 1.35. The number of nitrogens with zero attached hydrogens (tertiary/aromatic N) is 1. The fourth-order valence-corrected chi connectivity index (χ4v) is 4.13. The Morgan fingerprint density at radius 3 is 2.52 bits per heavy atom. The van der Waals surface area contributed by atoms with Gasteiger partial charge in [0.2, 0.25) is 5.91 Å². The molecule has 0 bridgehead atoms. The molecule has 0 aromatic carbocycles. The van der Waals surface area contributed by atoms with Crippen LogP contribution in [0.25, 0.3) is 0 Å². The van der Waals surface area contributed by atoms with Gasteiger partial charge in [0.15, 0.2) is 5.00 Å². The van der Waals surface area contributed by atoms with Crippen molar-refractivity contribution in [2.24, 2.45) is 5.73 Å². The standard InChI is InChI=1S/C10H16N4O5S2/c1-4-12-8-6(14(16)17)5-7(20-8)21(18,19)13-10(2,3)9(11)15/h5,12-13H,4H2,1-3H3,(H2,11,15). The maximum atomic E-state index is 12.2. The van der Waals surface area contributed by atoms with Crippen molar-refractivity contribution in [3.63, 3.8) is 0 Å². The molecule has 21 heavy (non-hydrogen) atoms. The van der Waals surface area contributed by atoms with E-state index in [9.17, 15) is 23.3 Å². The van der Waals surface area contributed by atoms with Crippen LogP contribution in [0.4, 0.5) is 10.7 Å². The third-order valence-electron chi connectivity index (χ3n) is 2.49. The molecule has 1 amide bonds. The van der Waals surface area contributed by atoms with Crippen molar-refractivity contribution >= 4 is 38.0 Å². The van der Waals surface area contributed by atoms with Crippen molar-refractivity contribution in [2.75, 3.05) is 11.9 Å². The second-order valence-electron chi connectivity index (χ2n) is 4.66. The van der Waals surface area contributed by atoms with E-state index >= 15 is 0 Å². The summed E-state index contributed by atoms with van der Waals surface area (Å²) in [6, 6.07) is 0.946. The molecule has 11 heteroatoms. The van der Waals surface area contributed by atoms with Crippen LogP contribution in [0.5, 0.6) is 0 Å². The van der Waals surface area contributed by atoms with E-state index in [4.69, 9.17) is 5.73 Å². The third kappa shape index (κ3) is 3.89. The molecule has 0 saturated heterocycles. The number of anilines is 1. The summed E-state index contributed by atoms with van der Waals surface area (Å²) in [5, 5.41) is 13.8. The minimum atomic E-state index is -4.09. The number of nitro groups is 1. The van der Waals surface area contributed by atoms with Crippen LogP contribution in [0.1, 0.15) is 20.8 Å². The molecule has 4 N–H and O–H groups in total. The molecule has 0 aliphatic heterocycles. The number of carbonyl (C=O) groups is 1. The van der Waals surface area contributed by atoms with E-state index in [1.54, 1.807) is 6.92 Å². The lowest BCUT2D eigenvalue weighted by Gasteiger charge is -2.21. The molecule has 0 aliphatic rings. The summed E-state index contributed by atoms with van der Waals surface area (Å²) in [7, 11) is -4.09. The van der Waals surface area contributed by atoms with Gasteiger partial charge < -0.3 is 11.1 Å². The molecule has 1 aromatic heterocycles. The quantitative estimate of drug-likeness (QED) is 0.492. The van der Waals surface area contributed by atoms with E-state index < -0.39 is 26.4 Å². The number of nitrogens with two attached hydrogens (primary N) is 1. The van der Waals surface area contributed by atoms with Gasteiger partial charge in [0.25, 0.3) is 10.0 Å². The summed E-state index contributed by atoms with van der Waals surface area (Å²) in [5.41, 5.74) is 3.27. The molecule has 0 unspecified atom stereocenters. The Labute approximate surface area is 125 Å². The van der Waals surface area contributed by atoms with Crippen molar-refractivity contribution in [1.29, 1.82) is 0 Å². The first-order chi connectivity index (χ1) is 9.51. The first kappa shape index (κ1) is 17.3. The Balaban J connectivity index is 3.24. The van der Waals surface area contributed by atoms with Crippen LogP contribution in [0.3, 0.4) is 0 Å². The molecule has 0 saturated carbocycles. The zero-order valence-corrected chi connectivity index (χ0v) is 13.3. The predicted octanol–water partition coefficient (Wildman–Crippen LogP) is 0.630. The van der Waals surface area contributed by atoms with Crippen LogP contribution in [0.15, 0.2) is 10.3 Å². The van der Waals surface area contributed by atoms with Gasteiger partial charge in [-0.2, -0.15) is 4.72 Å². The Morgan fingerprint density at radius 2 is 2.10 bits per heavy atom. The molecular weight excluding hydrogens is 320 g/mol. The molecule has 118 valence electrons. The summed E-state index contributed by atoms with van der Waals surface area (Å²) < 4.78 is 26.2. The van der Waals surface area contributed by atoms with Gasteiger partial charge in [-0.1, -0.05) is 11.3 Å². The van der Waals surface area contributed by atoms with Gasteiger partial charge in [-0.05, 0) is 20.8 Å². The van der Waals surface area contributed by atoms with Crippen molar-refractivity contribution in [3.8, 4) is 0 Å².